The SMILES string of the molecule is CCNc1cc([N+](=O)[O-])cc(OC(C)C)n1. The van der Waals surface area contributed by atoms with Crippen LogP contribution in [0.2, 0.25) is 0 Å². The molecule has 0 fully saturated rings. The van der Waals surface area contributed by atoms with E-state index in [1.165, 1.54) is 12.1 Å². The zero-order chi connectivity index (χ0) is 12.1. The van der Waals surface area contributed by atoms with Gasteiger partial charge in [-0.05, 0) is 20.8 Å². The molecular weight excluding hydrogens is 210 g/mol. The van der Waals surface area contributed by atoms with Crippen molar-refractivity contribution in [2.24, 2.45) is 0 Å². The highest BCUT2D eigenvalue weighted by Gasteiger charge is 2.12. The molecule has 1 aromatic rings. The maximum absolute atomic E-state index is 10.7. The quantitative estimate of drug-likeness (QED) is 0.614. The first-order valence-corrected chi connectivity index (χ1v) is 5.10. The first-order valence-electron chi connectivity index (χ1n) is 5.10. The van der Waals surface area contributed by atoms with Gasteiger partial charge in [0.25, 0.3) is 5.69 Å². The van der Waals surface area contributed by atoms with Gasteiger partial charge in [-0.2, -0.15) is 4.98 Å². The van der Waals surface area contributed by atoms with Crippen molar-refractivity contribution in [3.8, 4) is 5.88 Å². The third-order valence-electron chi connectivity index (χ3n) is 1.71. The highest BCUT2D eigenvalue weighted by molar-refractivity contribution is 5.48. The molecule has 1 N–H and O–H groups in total. The zero-order valence-electron chi connectivity index (χ0n) is 9.56. The highest BCUT2D eigenvalue weighted by atomic mass is 16.6. The Morgan fingerprint density at radius 2 is 2.25 bits per heavy atom. The van der Waals surface area contributed by atoms with Crippen LogP contribution >= 0.6 is 0 Å². The van der Waals surface area contributed by atoms with E-state index < -0.39 is 4.92 Å². The van der Waals surface area contributed by atoms with E-state index in [-0.39, 0.29) is 17.7 Å². The Bertz CT molecular complexity index is 380. The summed E-state index contributed by atoms with van der Waals surface area (Å²) in [5.74, 6) is 0.715. The van der Waals surface area contributed by atoms with Crippen molar-refractivity contribution < 1.29 is 9.66 Å². The molecule has 88 valence electrons. The van der Waals surface area contributed by atoms with Crippen LogP contribution in [-0.4, -0.2) is 22.6 Å². The van der Waals surface area contributed by atoms with Crippen LogP contribution in [0.15, 0.2) is 12.1 Å². The Hall–Kier alpha value is -1.85. The van der Waals surface area contributed by atoms with Gasteiger partial charge in [0, 0.05) is 6.54 Å². The number of nitrogens with zero attached hydrogens (tertiary/aromatic N) is 2. The minimum Gasteiger partial charge on any atom is -0.475 e. The summed E-state index contributed by atoms with van der Waals surface area (Å²) in [5, 5.41) is 13.6. The maximum Gasteiger partial charge on any atom is 0.278 e. The van der Waals surface area contributed by atoms with E-state index >= 15 is 0 Å². The minimum absolute atomic E-state index is 0.0263. The largest absolute Gasteiger partial charge is 0.475 e. The molecule has 0 saturated heterocycles. The molecule has 6 heteroatoms. The Morgan fingerprint density at radius 3 is 2.75 bits per heavy atom. The van der Waals surface area contributed by atoms with E-state index in [9.17, 15) is 10.1 Å². The van der Waals surface area contributed by atoms with E-state index in [2.05, 4.69) is 10.3 Å². The van der Waals surface area contributed by atoms with Gasteiger partial charge in [0.15, 0.2) is 0 Å². The van der Waals surface area contributed by atoms with E-state index in [4.69, 9.17) is 4.74 Å². The van der Waals surface area contributed by atoms with Gasteiger partial charge < -0.3 is 10.1 Å². The fourth-order valence-electron chi connectivity index (χ4n) is 1.17. The van der Waals surface area contributed by atoms with Gasteiger partial charge in [0.05, 0.1) is 23.2 Å². The lowest BCUT2D eigenvalue weighted by atomic mass is 10.3. The van der Waals surface area contributed by atoms with Crippen LogP contribution in [0.1, 0.15) is 20.8 Å². The molecule has 0 aliphatic carbocycles. The van der Waals surface area contributed by atoms with Gasteiger partial charge in [-0.3, -0.25) is 10.1 Å². The van der Waals surface area contributed by atoms with Crippen LogP contribution in [0.3, 0.4) is 0 Å². The van der Waals surface area contributed by atoms with Gasteiger partial charge in [0.1, 0.15) is 5.82 Å². The predicted octanol–water partition coefficient (Wildman–Crippen LogP) is 2.21. The van der Waals surface area contributed by atoms with Crippen LogP contribution in [-0.2, 0) is 0 Å². The molecule has 1 heterocycles. The lowest BCUT2D eigenvalue weighted by molar-refractivity contribution is -0.384. The number of nitro groups is 1. The summed E-state index contributed by atoms with van der Waals surface area (Å²) in [6.45, 7) is 6.22. The molecule has 6 nitrogen and oxygen atoms in total. The molecule has 0 aliphatic rings. The number of hydrogen-bond donors (Lipinski definition) is 1. The van der Waals surface area contributed by atoms with Crippen molar-refractivity contribution in [1.29, 1.82) is 0 Å². The third-order valence-corrected chi connectivity index (χ3v) is 1.71. The Morgan fingerprint density at radius 1 is 1.56 bits per heavy atom. The van der Waals surface area contributed by atoms with Crippen LogP contribution in [0.25, 0.3) is 0 Å². The zero-order valence-corrected chi connectivity index (χ0v) is 9.56. The molecular formula is C10H15N3O3. The standard InChI is InChI=1S/C10H15N3O3/c1-4-11-9-5-8(13(14)15)6-10(12-9)16-7(2)3/h5-7H,4H2,1-3H3,(H,11,12). The minimum atomic E-state index is -0.463. The summed E-state index contributed by atoms with van der Waals surface area (Å²) in [7, 11) is 0. The second-order valence-electron chi connectivity index (χ2n) is 3.50. The Labute approximate surface area is 93.8 Å². The van der Waals surface area contributed by atoms with Crippen LogP contribution in [0, 0.1) is 10.1 Å². The Balaban J connectivity index is 3.03. The van der Waals surface area contributed by atoms with Crippen molar-refractivity contribution in [2.75, 3.05) is 11.9 Å². The normalized spacial score (nSPS) is 10.2. The predicted molar refractivity (Wildman–Crippen MR) is 60.8 cm³/mol. The number of aromatic nitrogens is 1. The van der Waals surface area contributed by atoms with Crippen molar-refractivity contribution in [3.63, 3.8) is 0 Å². The fraction of sp³-hybridized carbons (Fsp3) is 0.500. The first-order chi connectivity index (χ1) is 7.52. The summed E-state index contributed by atoms with van der Waals surface area (Å²) in [5.41, 5.74) is -0.0263. The van der Waals surface area contributed by atoms with Crippen molar-refractivity contribution >= 4 is 11.5 Å². The first kappa shape index (κ1) is 12.2. The Kier molecular flexibility index (Phi) is 4.04. The summed E-state index contributed by atoms with van der Waals surface area (Å²) in [6.07, 6.45) is -0.0658. The van der Waals surface area contributed by atoms with Gasteiger partial charge in [-0.25, -0.2) is 0 Å². The van der Waals surface area contributed by atoms with Gasteiger partial charge in [-0.15, -0.1) is 0 Å². The molecule has 0 amide bonds. The number of anilines is 1. The smallest absolute Gasteiger partial charge is 0.278 e. The molecule has 0 unspecified atom stereocenters. The number of ether oxygens (including phenoxy) is 1. The molecule has 0 aliphatic heterocycles. The summed E-state index contributed by atoms with van der Waals surface area (Å²) in [4.78, 5) is 14.3. The molecule has 0 spiro atoms. The average Bonchev–Trinajstić information content (AvgIpc) is 2.16. The number of pyridine rings is 1. The van der Waals surface area contributed by atoms with E-state index in [1.807, 2.05) is 20.8 Å². The molecule has 0 aromatic carbocycles. The monoisotopic (exact) mass is 225 g/mol. The number of nitrogens with one attached hydrogen (secondary N) is 1. The molecule has 16 heavy (non-hydrogen) atoms. The van der Waals surface area contributed by atoms with E-state index in [1.54, 1.807) is 0 Å². The maximum atomic E-state index is 10.7. The fourth-order valence-corrected chi connectivity index (χ4v) is 1.17. The van der Waals surface area contributed by atoms with Crippen LogP contribution in [0.5, 0.6) is 5.88 Å². The molecule has 0 saturated carbocycles. The lowest BCUT2D eigenvalue weighted by Gasteiger charge is -2.10. The lowest BCUT2D eigenvalue weighted by Crippen LogP contribution is -2.09. The van der Waals surface area contributed by atoms with Gasteiger partial charge >= 0.3 is 0 Å². The van der Waals surface area contributed by atoms with Crippen molar-refractivity contribution in [1.82, 2.24) is 4.98 Å². The molecule has 0 radical (unpaired) electrons. The van der Waals surface area contributed by atoms with Crippen LogP contribution < -0.4 is 10.1 Å². The number of hydrogen-bond acceptors (Lipinski definition) is 5. The van der Waals surface area contributed by atoms with Gasteiger partial charge in [0.2, 0.25) is 5.88 Å². The van der Waals surface area contributed by atoms with Crippen LogP contribution in [0.4, 0.5) is 11.5 Å². The summed E-state index contributed by atoms with van der Waals surface area (Å²) >= 11 is 0. The van der Waals surface area contributed by atoms with E-state index in [0.29, 0.717) is 12.4 Å². The topological polar surface area (TPSA) is 77.3 Å². The molecule has 0 bridgehead atoms. The van der Waals surface area contributed by atoms with E-state index in [0.717, 1.165) is 0 Å². The summed E-state index contributed by atoms with van der Waals surface area (Å²) in [6, 6.07) is 2.71. The average molecular weight is 225 g/mol. The van der Waals surface area contributed by atoms with Gasteiger partial charge in [-0.1, -0.05) is 0 Å². The second kappa shape index (κ2) is 5.29. The molecule has 1 aromatic heterocycles. The third kappa shape index (κ3) is 3.38. The van der Waals surface area contributed by atoms with Crippen molar-refractivity contribution in [2.45, 2.75) is 26.9 Å². The summed E-state index contributed by atoms with van der Waals surface area (Å²) < 4.78 is 5.34. The molecule has 0 atom stereocenters. The second-order valence-corrected chi connectivity index (χ2v) is 3.50. The molecule has 1 rings (SSSR count). The van der Waals surface area contributed by atoms with Crippen molar-refractivity contribution in [3.05, 3.63) is 22.2 Å². The number of rotatable bonds is 5. The highest BCUT2D eigenvalue weighted by Crippen LogP contribution is 2.22.